The van der Waals surface area contributed by atoms with Gasteiger partial charge in [0.1, 0.15) is 0 Å². The maximum Gasteiger partial charge on any atom is 0.416 e. The van der Waals surface area contributed by atoms with Gasteiger partial charge in [0.2, 0.25) is 0 Å². The van der Waals surface area contributed by atoms with Gasteiger partial charge in [-0.25, -0.2) is 0 Å². The average molecular weight is 278 g/mol. The van der Waals surface area contributed by atoms with Gasteiger partial charge in [-0.15, -0.1) is 11.6 Å². The molecule has 0 spiro atoms. The Morgan fingerprint density at radius 1 is 1.11 bits per heavy atom. The van der Waals surface area contributed by atoms with Gasteiger partial charge in [0, 0.05) is 11.6 Å². The Hall–Kier alpha value is -0.900. The molecule has 0 amide bonds. The van der Waals surface area contributed by atoms with Crippen LogP contribution in [0.4, 0.5) is 18.9 Å². The summed E-state index contributed by atoms with van der Waals surface area (Å²) in [6, 6.07) is 5.13. The Balaban J connectivity index is 2.11. The van der Waals surface area contributed by atoms with Crippen LogP contribution in [0.3, 0.4) is 0 Å². The van der Waals surface area contributed by atoms with E-state index in [9.17, 15) is 13.2 Å². The molecule has 1 aromatic rings. The Labute approximate surface area is 109 Å². The largest absolute Gasteiger partial charge is 0.416 e. The van der Waals surface area contributed by atoms with E-state index in [0.717, 1.165) is 37.8 Å². The van der Waals surface area contributed by atoms with Gasteiger partial charge in [-0.2, -0.15) is 13.2 Å². The molecule has 0 aliphatic heterocycles. The minimum absolute atomic E-state index is 0.151. The van der Waals surface area contributed by atoms with E-state index in [2.05, 4.69) is 5.32 Å². The highest BCUT2D eigenvalue weighted by Gasteiger charge is 2.33. The van der Waals surface area contributed by atoms with E-state index >= 15 is 0 Å². The minimum atomic E-state index is -4.28. The summed E-state index contributed by atoms with van der Waals surface area (Å²) in [6.45, 7) is 0. The van der Waals surface area contributed by atoms with Crippen molar-refractivity contribution in [2.45, 2.75) is 37.4 Å². The molecule has 1 aliphatic carbocycles. The van der Waals surface area contributed by atoms with Crippen molar-refractivity contribution in [3.63, 3.8) is 0 Å². The van der Waals surface area contributed by atoms with Crippen LogP contribution >= 0.6 is 11.6 Å². The number of rotatable bonds is 3. The van der Waals surface area contributed by atoms with Crippen molar-refractivity contribution in [1.29, 1.82) is 0 Å². The molecule has 0 aromatic heterocycles. The molecular weight excluding hydrogens is 263 g/mol. The number of alkyl halides is 4. The highest BCUT2D eigenvalue weighted by molar-refractivity contribution is 6.18. The molecule has 1 aromatic carbocycles. The van der Waals surface area contributed by atoms with Crippen LogP contribution in [0.25, 0.3) is 0 Å². The van der Waals surface area contributed by atoms with Crippen molar-refractivity contribution in [2.75, 3.05) is 11.2 Å². The van der Waals surface area contributed by atoms with Gasteiger partial charge in [-0.05, 0) is 37.1 Å². The summed E-state index contributed by atoms with van der Waals surface area (Å²) < 4.78 is 37.3. The third kappa shape index (κ3) is 2.91. The summed E-state index contributed by atoms with van der Waals surface area (Å²) in [5.74, 6) is 0.480. The second-order valence-electron chi connectivity index (χ2n) is 4.82. The van der Waals surface area contributed by atoms with Gasteiger partial charge in [0.05, 0.1) is 11.1 Å². The first kappa shape index (κ1) is 13.5. The highest BCUT2D eigenvalue weighted by atomic mass is 35.5. The molecule has 18 heavy (non-hydrogen) atoms. The second kappa shape index (κ2) is 5.00. The molecule has 1 N–H and O–H groups in total. The molecule has 0 radical (unpaired) electrons. The van der Waals surface area contributed by atoms with E-state index in [0.29, 0.717) is 11.6 Å². The highest BCUT2D eigenvalue weighted by Crippen LogP contribution is 2.35. The van der Waals surface area contributed by atoms with Crippen molar-refractivity contribution < 1.29 is 13.2 Å². The van der Waals surface area contributed by atoms with Gasteiger partial charge in [0.15, 0.2) is 0 Å². The van der Waals surface area contributed by atoms with Crippen molar-refractivity contribution in [3.05, 3.63) is 29.8 Å². The Bertz CT molecular complexity index is 394. The van der Waals surface area contributed by atoms with Gasteiger partial charge in [0.25, 0.3) is 0 Å². The van der Waals surface area contributed by atoms with Crippen LogP contribution in [0, 0.1) is 0 Å². The molecule has 0 heterocycles. The SMILES string of the molecule is FC(F)(F)c1ccc(NC2(CCl)CCCC2)cc1. The fourth-order valence-electron chi connectivity index (χ4n) is 2.39. The number of nitrogens with one attached hydrogen (secondary N) is 1. The summed E-state index contributed by atoms with van der Waals surface area (Å²) in [5.41, 5.74) is -0.0775. The fourth-order valence-corrected chi connectivity index (χ4v) is 2.73. The Kier molecular flexibility index (Phi) is 3.76. The fraction of sp³-hybridized carbons (Fsp3) is 0.538. The zero-order chi connectivity index (χ0) is 13.2. The summed E-state index contributed by atoms with van der Waals surface area (Å²) >= 11 is 5.98. The Morgan fingerprint density at radius 3 is 2.11 bits per heavy atom. The normalized spacial score (nSPS) is 18.9. The number of halogens is 4. The zero-order valence-corrected chi connectivity index (χ0v) is 10.6. The predicted molar refractivity (Wildman–Crippen MR) is 67.0 cm³/mol. The van der Waals surface area contributed by atoms with Gasteiger partial charge >= 0.3 is 6.18 Å². The molecular formula is C13H15ClF3N. The summed E-state index contributed by atoms with van der Waals surface area (Å²) in [5, 5.41) is 3.28. The smallest absolute Gasteiger partial charge is 0.378 e. The molecule has 2 rings (SSSR count). The zero-order valence-electron chi connectivity index (χ0n) is 9.86. The molecule has 0 unspecified atom stereocenters. The lowest BCUT2D eigenvalue weighted by atomic mass is 10.00. The van der Waals surface area contributed by atoms with E-state index in [-0.39, 0.29) is 5.54 Å². The summed E-state index contributed by atoms with van der Waals surface area (Å²) in [4.78, 5) is 0. The van der Waals surface area contributed by atoms with E-state index < -0.39 is 11.7 Å². The van der Waals surface area contributed by atoms with E-state index in [1.54, 1.807) is 0 Å². The molecule has 1 saturated carbocycles. The van der Waals surface area contributed by atoms with Gasteiger partial charge in [-0.1, -0.05) is 12.8 Å². The molecule has 0 atom stereocenters. The molecule has 1 nitrogen and oxygen atoms in total. The van der Waals surface area contributed by atoms with Crippen LogP contribution < -0.4 is 5.32 Å². The van der Waals surface area contributed by atoms with Crippen LogP contribution in [-0.2, 0) is 6.18 Å². The maximum absolute atomic E-state index is 12.4. The molecule has 1 aliphatic rings. The third-order valence-corrected chi connectivity index (χ3v) is 3.95. The number of benzene rings is 1. The van der Waals surface area contributed by atoms with Crippen molar-refractivity contribution >= 4 is 17.3 Å². The van der Waals surface area contributed by atoms with Crippen LogP contribution in [0.2, 0.25) is 0 Å². The molecule has 1 fully saturated rings. The van der Waals surface area contributed by atoms with Gasteiger partial charge < -0.3 is 5.32 Å². The van der Waals surface area contributed by atoms with Crippen LogP contribution in [0.5, 0.6) is 0 Å². The molecule has 5 heteroatoms. The minimum Gasteiger partial charge on any atom is -0.378 e. The lowest BCUT2D eigenvalue weighted by Crippen LogP contribution is -2.36. The van der Waals surface area contributed by atoms with Crippen molar-refractivity contribution in [2.24, 2.45) is 0 Å². The van der Waals surface area contributed by atoms with Crippen LogP contribution in [0.15, 0.2) is 24.3 Å². The van der Waals surface area contributed by atoms with Crippen LogP contribution in [-0.4, -0.2) is 11.4 Å². The standard InChI is InChI=1S/C13H15ClF3N/c14-9-12(7-1-2-8-12)18-11-5-3-10(4-6-11)13(15,16)17/h3-6,18H,1-2,7-9H2. The van der Waals surface area contributed by atoms with E-state index in [1.165, 1.54) is 12.1 Å². The van der Waals surface area contributed by atoms with E-state index in [1.807, 2.05) is 0 Å². The van der Waals surface area contributed by atoms with Crippen molar-refractivity contribution in [3.8, 4) is 0 Å². The summed E-state index contributed by atoms with van der Waals surface area (Å²) in [7, 11) is 0. The van der Waals surface area contributed by atoms with Gasteiger partial charge in [-0.3, -0.25) is 0 Å². The Morgan fingerprint density at radius 2 is 1.67 bits per heavy atom. The molecule has 0 saturated heterocycles. The number of anilines is 1. The predicted octanol–water partition coefficient (Wildman–Crippen LogP) is 4.67. The first-order valence-corrected chi connectivity index (χ1v) is 6.50. The monoisotopic (exact) mass is 277 g/mol. The first-order chi connectivity index (χ1) is 8.45. The lowest BCUT2D eigenvalue weighted by Gasteiger charge is -2.29. The third-order valence-electron chi connectivity index (χ3n) is 3.44. The van der Waals surface area contributed by atoms with E-state index in [4.69, 9.17) is 11.6 Å². The summed E-state index contributed by atoms with van der Waals surface area (Å²) in [6.07, 6.45) is -0.119. The quantitative estimate of drug-likeness (QED) is 0.792. The number of hydrogen-bond acceptors (Lipinski definition) is 1. The number of hydrogen-bond donors (Lipinski definition) is 1. The van der Waals surface area contributed by atoms with Crippen LogP contribution in [0.1, 0.15) is 31.2 Å². The van der Waals surface area contributed by atoms with Crippen molar-refractivity contribution in [1.82, 2.24) is 0 Å². The average Bonchev–Trinajstić information content (AvgIpc) is 2.78. The second-order valence-corrected chi connectivity index (χ2v) is 5.09. The lowest BCUT2D eigenvalue weighted by molar-refractivity contribution is -0.137. The molecule has 100 valence electrons. The topological polar surface area (TPSA) is 12.0 Å². The first-order valence-electron chi connectivity index (χ1n) is 5.97. The maximum atomic E-state index is 12.4. The molecule has 0 bridgehead atoms.